The van der Waals surface area contributed by atoms with Gasteiger partial charge in [-0.3, -0.25) is 4.79 Å². The fourth-order valence-electron chi connectivity index (χ4n) is 6.06. The van der Waals surface area contributed by atoms with Crippen molar-refractivity contribution in [2.75, 3.05) is 26.1 Å². The van der Waals surface area contributed by atoms with Gasteiger partial charge in [0.1, 0.15) is 17.6 Å². The van der Waals surface area contributed by atoms with Crippen molar-refractivity contribution in [1.82, 2.24) is 9.88 Å². The van der Waals surface area contributed by atoms with Crippen molar-refractivity contribution >= 4 is 28.5 Å². The Kier molecular flexibility index (Phi) is 5.60. The number of likely N-dealkylation sites (tertiary alicyclic amines) is 1. The predicted octanol–water partition coefficient (Wildman–Crippen LogP) is 5.57. The van der Waals surface area contributed by atoms with Crippen molar-refractivity contribution < 1.29 is 32.2 Å². The number of amides is 1. The summed E-state index contributed by atoms with van der Waals surface area (Å²) >= 11 is 0. The molecule has 7 nitrogen and oxygen atoms in total. The minimum Gasteiger partial charge on any atom is -0.497 e. The molecule has 10 heteroatoms. The Morgan fingerprint density at radius 3 is 2.46 bits per heavy atom. The van der Waals surface area contributed by atoms with Gasteiger partial charge in [0.15, 0.2) is 0 Å². The van der Waals surface area contributed by atoms with E-state index in [1.54, 1.807) is 18.1 Å². The van der Waals surface area contributed by atoms with Gasteiger partial charge < -0.3 is 24.7 Å². The Morgan fingerprint density at radius 1 is 1.03 bits per heavy atom. The largest absolute Gasteiger partial charge is 0.497 e. The van der Waals surface area contributed by atoms with E-state index in [-0.39, 0.29) is 11.3 Å². The maximum absolute atomic E-state index is 13.7. The van der Waals surface area contributed by atoms with Crippen molar-refractivity contribution in [2.24, 2.45) is 0 Å². The van der Waals surface area contributed by atoms with Crippen LogP contribution in [0.1, 0.15) is 44.0 Å². The molecule has 0 aliphatic carbocycles. The smallest absolute Gasteiger partial charge is 0.416 e. The number of aromatic amines is 1. The van der Waals surface area contributed by atoms with Crippen LogP contribution < -0.4 is 10.1 Å². The van der Waals surface area contributed by atoms with Gasteiger partial charge in [-0.15, -0.1) is 0 Å². The first kappa shape index (κ1) is 24.8. The number of methoxy groups -OCH3 is 2. The zero-order valence-corrected chi connectivity index (χ0v) is 21.1. The number of benzene rings is 3. The quantitative estimate of drug-likeness (QED) is 0.334. The molecular weight excluding hydrogens is 511 g/mol. The maximum atomic E-state index is 13.7. The van der Waals surface area contributed by atoms with Crippen LogP contribution in [0.3, 0.4) is 0 Å². The first-order valence-corrected chi connectivity index (χ1v) is 12.3. The molecule has 2 N–H and O–H groups in total. The number of hydrogen-bond donors (Lipinski definition) is 2. The molecule has 2 atom stereocenters. The minimum atomic E-state index is -4.50. The summed E-state index contributed by atoms with van der Waals surface area (Å²) < 4.78 is 50.0. The summed E-state index contributed by atoms with van der Waals surface area (Å²) in [6.45, 7) is 0.309. The highest BCUT2D eigenvalue weighted by Crippen LogP contribution is 2.55. The number of carbonyl (C=O) groups is 2. The van der Waals surface area contributed by atoms with E-state index in [4.69, 9.17) is 9.47 Å². The minimum absolute atomic E-state index is 0.144. The predicted molar refractivity (Wildman–Crippen MR) is 138 cm³/mol. The van der Waals surface area contributed by atoms with Crippen LogP contribution in [-0.2, 0) is 16.3 Å². The number of nitrogens with one attached hydrogen (secondary N) is 2. The molecule has 200 valence electrons. The molecule has 0 saturated carbocycles. The lowest BCUT2D eigenvalue weighted by atomic mass is 9.72. The average Bonchev–Trinajstić information content (AvgIpc) is 3.60. The Balaban J connectivity index is 1.53. The zero-order valence-electron chi connectivity index (χ0n) is 21.1. The van der Waals surface area contributed by atoms with Gasteiger partial charge in [0, 0.05) is 34.3 Å². The second-order valence-corrected chi connectivity index (χ2v) is 9.67. The van der Waals surface area contributed by atoms with E-state index in [1.165, 1.54) is 19.2 Å². The number of nitrogens with zero attached hydrogens (tertiary/aromatic N) is 1. The highest BCUT2D eigenvalue weighted by atomic mass is 19.4. The molecule has 39 heavy (non-hydrogen) atoms. The maximum Gasteiger partial charge on any atom is 0.416 e. The number of rotatable bonds is 4. The van der Waals surface area contributed by atoms with Crippen LogP contribution in [0.5, 0.6) is 5.75 Å². The van der Waals surface area contributed by atoms with Gasteiger partial charge >= 0.3 is 12.1 Å². The number of fused-ring (bicyclic) bond motifs is 4. The van der Waals surface area contributed by atoms with Gasteiger partial charge in [0.05, 0.1) is 25.2 Å². The van der Waals surface area contributed by atoms with E-state index in [0.717, 1.165) is 28.8 Å². The fourth-order valence-corrected chi connectivity index (χ4v) is 6.06. The standard InChI is InChI=1S/C29H24F3N3O4/c1-38-18-11-12-21-19(15-18)23(24(33-21)26(37)39-2)28-13-14-35(27(28)34-22-6-4-3-5-20(22)28)25(36)16-7-9-17(10-8-16)29(30,31)32/h3-12,15,27,33-34H,13-14H2,1-2H3. The van der Waals surface area contributed by atoms with E-state index in [1.807, 2.05) is 36.4 Å². The molecule has 3 aromatic carbocycles. The van der Waals surface area contributed by atoms with Crippen LogP contribution in [0, 0.1) is 0 Å². The summed E-state index contributed by atoms with van der Waals surface area (Å²) in [5, 5.41) is 4.22. The first-order chi connectivity index (χ1) is 18.7. The van der Waals surface area contributed by atoms with Crippen LogP contribution in [0.2, 0.25) is 0 Å². The summed E-state index contributed by atoms with van der Waals surface area (Å²) in [4.78, 5) is 31.7. The number of anilines is 1. The van der Waals surface area contributed by atoms with Crippen molar-refractivity contribution in [3.05, 3.63) is 94.7 Å². The van der Waals surface area contributed by atoms with Crippen molar-refractivity contribution in [3.8, 4) is 5.75 Å². The molecule has 1 amide bonds. The van der Waals surface area contributed by atoms with Gasteiger partial charge in [-0.2, -0.15) is 13.2 Å². The third-order valence-electron chi connectivity index (χ3n) is 7.79. The summed E-state index contributed by atoms with van der Waals surface area (Å²) in [5.74, 6) is -0.361. The van der Waals surface area contributed by atoms with E-state index < -0.39 is 35.2 Å². The molecule has 1 aromatic heterocycles. The SMILES string of the molecule is COC(=O)c1[nH]c2ccc(OC)cc2c1C12CCN(C(=O)c3ccc(C(F)(F)F)cc3)C1Nc1ccccc12. The van der Waals surface area contributed by atoms with E-state index >= 15 is 0 Å². The number of hydrogen-bond acceptors (Lipinski definition) is 5. The molecule has 6 rings (SSSR count). The summed E-state index contributed by atoms with van der Waals surface area (Å²) in [6.07, 6.45) is -4.65. The van der Waals surface area contributed by atoms with Crippen LogP contribution in [0.4, 0.5) is 18.9 Å². The van der Waals surface area contributed by atoms with Crippen LogP contribution in [-0.4, -0.2) is 48.7 Å². The highest BCUT2D eigenvalue weighted by Gasteiger charge is 2.58. The third-order valence-corrected chi connectivity index (χ3v) is 7.79. The lowest BCUT2D eigenvalue weighted by Gasteiger charge is -2.33. The molecule has 3 heterocycles. The Hall–Kier alpha value is -4.47. The van der Waals surface area contributed by atoms with Gasteiger partial charge in [-0.1, -0.05) is 18.2 Å². The number of ether oxygens (including phenoxy) is 2. The summed E-state index contributed by atoms with van der Waals surface area (Å²) in [6, 6.07) is 17.3. The number of H-pyrrole nitrogens is 1. The molecule has 0 radical (unpaired) electrons. The van der Waals surface area contributed by atoms with Gasteiger partial charge in [-0.05, 0) is 60.5 Å². The lowest BCUT2D eigenvalue weighted by molar-refractivity contribution is -0.137. The molecular formula is C29H24F3N3O4. The molecule has 2 aliphatic rings. The number of halogens is 3. The second-order valence-electron chi connectivity index (χ2n) is 9.67. The van der Waals surface area contributed by atoms with Crippen LogP contribution >= 0.6 is 0 Å². The Bertz CT molecular complexity index is 1610. The third kappa shape index (κ3) is 3.65. The van der Waals surface area contributed by atoms with Crippen LogP contribution in [0.15, 0.2) is 66.7 Å². The van der Waals surface area contributed by atoms with E-state index in [2.05, 4.69) is 10.3 Å². The molecule has 2 aliphatic heterocycles. The lowest BCUT2D eigenvalue weighted by Crippen LogP contribution is -2.47. The van der Waals surface area contributed by atoms with Crippen molar-refractivity contribution in [3.63, 3.8) is 0 Å². The van der Waals surface area contributed by atoms with E-state index in [0.29, 0.717) is 29.8 Å². The summed E-state index contributed by atoms with van der Waals surface area (Å²) in [5.41, 5.74) is 1.83. The highest BCUT2D eigenvalue weighted by molar-refractivity contribution is 6.02. The fraction of sp³-hybridized carbons (Fsp3) is 0.241. The summed E-state index contributed by atoms with van der Waals surface area (Å²) in [7, 11) is 2.87. The van der Waals surface area contributed by atoms with Gasteiger partial charge in [0.25, 0.3) is 5.91 Å². The Labute approximate surface area is 221 Å². The number of carbonyl (C=O) groups excluding carboxylic acids is 2. The normalized spacial score (nSPS) is 19.9. The number of para-hydroxylation sites is 1. The second kappa shape index (κ2) is 8.79. The van der Waals surface area contributed by atoms with E-state index in [9.17, 15) is 22.8 Å². The Morgan fingerprint density at radius 2 is 1.77 bits per heavy atom. The topological polar surface area (TPSA) is 83.7 Å². The van der Waals surface area contributed by atoms with Gasteiger partial charge in [-0.25, -0.2) is 4.79 Å². The number of esters is 1. The zero-order chi connectivity index (χ0) is 27.5. The monoisotopic (exact) mass is 535 g/mol. The molecule has 0 bridgehead atoms. The molecule has 4 aromatic rings. The molecule has 2 unspecified atom stereocenters. The number of alkyl halides is 3. The van der Waals surface area contributed by atoms with Gasteiger partial charge in [0.2, 0.25) is 0 Å². The molecule has 1 fully saturated rings. The first-order valence-electron chi connectivity index (χ1n) is 12.3. The molecule has 0 spiro atoms. The van der Waals surface area contributed by atoms with Crippen molar-refractivity contribution in [2.45, 2.75) is 24.2 Å². The van der Waals surface area contributed by atoms with Crippen molar-refractivity contribution in [1.29, 1.82) is 0 Å². The van der Waals surface area contributed by atoms with Crippen LogP contribution in [0.25, 0.3) is 10.9 Å². The molecule has 1 saturated heterocycles. The number of aromatic nitrogens is 1. The average molecular weight is 536 g/mol.